The smallest absolute Gasteiger partial charge is 0.289 e. The maximum absolute atomic E-state index is 12.2. The first-order chi connectivity index (χ1) is 9.25. The number of carbonyl (C=O) groups is 1. The Morgan fingerprint density at radius 1 is 1.26 bits per heavy atom. The Morgan fingerprint density at radius 2 is 2.00 bits per heavy atom. The van der Waals surface area contributed by atoms with Gasteiger partial charge in [-0.05, 0) is 12.1 Å². The third-order valence-corrected chi connectivity index (χ3v) is 3.11. The molecule has 1 aliphatic rings. The van der Waals surface area contributed by atoms with Crippen LogP contribution in [-0.4, -0.2) is 47.1 Å². The Balaban J connectivity index is 2.00. The van der Waals surface area contributed by atoms with Gasteiger partial charge in [-0.3, -0.25) is 9.59 Å². The molecule has 98 valence electrons. The molecule has 6 nitrogen and oxygen atoms in total. The first-order valence-electron chi connectivity index (χ1n) is 6.12. The van der Waals surface area contributed by atoms with Crippen LogP contribution in [0.5, 0.6) is 0 Å². The molecule has 0 radical (unpaired) electrons. The van der Waals surface area contributed by atoms with Crippen LogP contribution in [0.25, 0.3) is 10.9 Å². The summed E-state index contributed by atoms with van der Waals surface area (Å²) in [5.41, 5.74) is 0.241. The Hall–Kier alpha value is -2.21. The Labute approximate surface area is 109 Å². The molecule has 0 aliphatic carbocycles. The number of nitrogens with zero attached hydrogens (tertiary/aromatic N) is 2. The van der Waals surface area contributed by atoms with Gasteiger partial charge in [0.15, 0.2) is 5.82 Å². The number of benzene rings is 1. The van der Waals surface area contributed by atoms with Crippen molar-refractivity contribution in [3.8, 4) is 0 Å². The van der Waals surface area contributed by atoms with Crippen molar-refractivity contribution in [3.05, 3.63) is 40.4 Å². The first kappa shape index (κ1) is 11.9. The zero-order valence-corrected chi connectivity index (χ0v) is 10.3. The summed E-state index contributed by atoms with van der Waals surface area (Å²) < 4.78 is 5.19. The highest BCUT2D eigenvalue weighted by Crippen LogP contribution is 2.08. The first-order valence-corrected chi connectivity index (χ1v) is 6.12. The largest absolute Gasteiger partial charge is 0.378 e. The lowest BCUT2D eigenvalue weighted by Gasteiger charge is -2.26. The summed E-state index contributed by atoms with van der Waals surface area (Å²) >= 11 is 0. The zero-order valence-electron chi connectivity index (χ0n) is 10.3. The highest BCUT2D eigenvalue weighted by atomic mass is 16.5. The van der Waals surface area contributed by atoms with Crippen LogP contribution in [0.1, 0.15) is 10.6 Å². The molecule has 1 aromatic heterocycles. The van der Waals surface area contributed by atoms with Crippen LogP contribution < -0.4 is 5.56 Å². The van der Waals surface area contributed by atoms with Crippen molar-refractivity contribution in [1.82, 2.24) is 14.9 Å². The Morgan fingerprint density at radius 3 is 2.79 bits per heavy atom. The normalized spacial score (nSPS) is 15.7. The molecule has 1 aromatic carbocycles. The van der Waals surface area contributed by atoms with E-state index in [-0.39, 0.29) is 17.3 Å². The summed E-state index contributed by atoms with van der Waals surface area (Å²) in [6.45, 7) is 2.08. The number of hydrogen-bond acceptors (Lipinski definition) is 4. The fourth-order valence-electron chi connectivity index (χ4n) is 2.10. The second-order valence-corrected chi connectivity index (χ2v) is 4.34. The minimum atomic E-state index is -0.290. The van der Waals surface area contributed by atoms with Crippen LogP contribution in [0.3, 0.4) is 0 Å². The third kappa shape index (κ3) is 2.22. The molecule has 2 aromatic rings. The summed E-state index contributed by atoms with van der Waals surface area (Å²) in [5, 5.41) is 0.487. The Bertz CT molecular complexity index is 674. The van der Waals surface area contributed by atoms with Crippen LogP contribution in [0.4, 0.5) is 0 Å². The van der Waals surface area contributed by atoms with Crippen LogP contribution in [-0.2, 0) is 4.74 Å². The minimum Gasteiger partial charge on any atom is -0.378 e. The summed E-state index contributed by atoms with van der Waals surface area (Å²) in [6, 6.07) is 6.96. The van der Waals surface area contributed by atoms with E-state index in [2.05, 4.69) is 9.97 Å². The molecule has 6 heteroatoms. The minimum absolute atomic E-state index is 0.0885. The standard InChI is InChI=1S/C13H13N3O3/c17-12-9-3-1-2-4-10(9)14-11(15-12)13(18)16-5-7-19-8-6-16/h1-4H,5-8H2,(H,14,15,17). The Kier molecular flexibility index (Phi) is 3.00. The van der Waals surface area contributed by atoms with Gasteiger partial charge in [-0.25, -0.2) is 4.98 Å². The second kappa shape index (κ2) is 4.81. The summed E-state index contributed by atoms with van der Waals surface area (Å²) in [4.78, 5) is 32.5. The van der Waals surface area contributed by atoms with Gasteiger partial charge in [0.1, 0.15) is 0 Å². The number of H-pyrrole nitrogens is 1. The van der Waals surface area contributed by atoms with Gasteiger partial charge in [-0.1, -0.05) is 12.1 Å². The molecule has 19 heavy (non-hydrogen) atoms. The van der Waals surface area contributed by atoms with E-state index in [9.17, 15) is 9.59 Å². The molecule has 1 amide bonds. The van der Waals surface area contributed by atoms with E-state index in [1.54, 1.807) is 29.2 Å². The molecule has 0 spiro atoms. The number of carbonyl (C=O) groups excluding carboxylic acids is 1. The topological polar surface area (TPSA) is 75.3 Å². The second-order valence-electron chi connectivity index (χ2n) is 4.34. The number of amides is 1. The lowest BCUT2D eigenvalue weighted by Crippen LogP contribution is -2.41. The summed E-state index contributed by atoms with van der Waals surface area (Å²) in [7, 11) is 0. The van der Waals surface area contributed by atoms with Crippen molar-refractivity contribution in [3.63, 3.8) is 0 Å². The number of nitrogens with one attached hydrogen (secondary N) is 1. The van der Waals surface area contributed by atoms with Crippen molar-refractivity contribution < 1.29 is 9.53 Å². The lowest BCUT2D eigenvalue weighted by molar-refractivity contribution is 0.0295. The van der Waals surface area contributed by atoms with Gasteiger partial charge < -0.3 is 14.6 Å². The van der Waals surface area contributed by atoms with Crippen molar-refractivity contribution >= 4 is 16.8 Å². The van der Waals surface area contributed by atoms with Gasteiger partial charge in [0.05, 0.1) is 24.1 Å². The van der Waals surface area contributed by atoms with Crippen molar-refractivity contribution in [2.75, 3.05) is 26.3 Å². The molecule has 0 saturated carbocycles. The number of hydrogen-bond donors (Lipinski definition) is 1. The van der Waals surface area contributed by atoms with E-state index in [0.29, 0.717) is 37.2 Å². The van der Waals surface area contributed by atoms with Crippen LogP contribution in [0.2, 0.25) is 0 Å². The number of morpholine rings is 1. The highest BCUT2D eigenvalue weighted by Gasteiger charge is 2.21. The van der Waals surface area contributed by atoms with Crippen LogP contribution in [0.15, 0.2) is 29.1 Å². The van der Waals surface area contributed by atoms with Crippen molar-refractivity contribution in [2.24, 2.45) is 0 Å². The predicted molar refractivity (Wildman–Crippen MR) is 69.1 cm³/mol. The van der Waals surface area contributed by atoms with Gasteiger partial charge in [0.25, 0.3) is 11.5 Å². The van der Waals surface area contributed by atoms with Crippen LogP contribution >= 0.6 is 0 Å². The molecule has 1 N–H and O–H groups in total. The molecule has 1 fully saturated rings. The van der Waals surface area contributed by atoms with Gasteiger partial charge in [0, 0.05) is 13.1 Å². The molecular formula is C13H13N3O3. The van der Waals surface area contributed by atoms with Gasteiger partial charge in [-0.2, -0.15) is 0 Å². The molecule has 3 rings (SSSR count). The third-order valence-electron chi connectivity index (χ3n) is 3.11. The van der Waals surface area contributed by atoms with E-state index in [1.165, 1.54) is 0 Å². The fourth-order valence-corrected chi connectivity index (χ4v) is 2.10. The number of fused-ring (bicyclic) bond motifs is 1. The summed E-state index contributed by atoms with van der Waals surface area (Å²) in [5.74, 6) is -0.170. The lowest BCUT2D eigenvalue weighted by atomic mass is 10.2. The highest BCUT2D eigenvalue weighted by molar-refractivity contribution is 5.92. The average Bonchev–Trinajstić information content (AvgIpc) is 2.47. The molecule has 0 unspecified atom stereocenters. The number of aromatic nitrogens is 2. The molecule has 0 bridgehead atoms. The number of ether oxygens (including phenoxy) is 1. The number of aromatic amines is 1. The number of para-hydroxylation sites is 1. The van der Waals surface area contributed by atoms with E-state index >= 15 is 0 Å². The van der Waals surface area contributed by atoms with E-state index in [0.717, 1.165) is 0 Å². The monoisotopic (exact) mass is 259 g/mol. The molecule has 0 atom stereocenters. The quantitative estimate of drug-likeness (QED) is 0.804. The van der Waals surface area contributed by atoms with Gasteiger partial charge in [-0.15, -0.1) is 0 Å². The fraction of sp³-hybridized carbons (Fsp3) is 0.308. The maximum Gasteiger partial charge on any atom is 0.289 e. The predicted octanol–water partition coefficient (Wildman–Crippen LogP) is 0.395. The van der Waals surface area contributed by atoms with Gasteiger partial charge in [0.2, 0.25) is 0 Å². The number of rotatable bonds is 1. The summed E-state index contributed by atoms with van der Waals surface area (Å²) in [6.07, 6.45) is 0. The SMILES string of the molecule is O=C(c1nc2ccccc2c(=O)[nH]1)N1CCOCC1. The maximum atomic E-state index is 12.2. The molecule has 1 aliphatic heterocycles. The van der Waals surface area contributed by atoms with Crippen molar-refractivity contribution in [2.45, 2.75) is 0 Å². The van der Waals surface area contributed by atoms with Crippen LogP contribution in [0, 0.1) is 0 Å². The van der Waals surface area contributed by atoms with E-state index < -0.39 is 0 Å². The van der Waals surface area contributed by atoms with E-state index in [4.69, 9.17) is 4.74 Å². The van der Waals surface area contributed by atoms with Crippen molar-refractivity contribution in [1.29, 1.82) is 0 Å². The zero-order chi connectivity index (χ0) is 13.2. The van der Waals surface area contributed by atoms with Gasteiger partial charge >= 0.3 is 0 Å². The molecular weight excluding hydrogens is 246 g/mol. The molecule has 1 saturated heterocycles. The van der Waals surface area contributed by atoms with E-state index in [1.807, 2.05) is 0 Å². The molecule has 2 heterocycles. The average molecular weight is 259 g/mol.